The molecule has 0 unspecified atom stereocenters. The molecule has 0 radical (unpaired) electrons. The van der Waals surface area contributed by atoms with E-state index in [1.165, 1.54) is 78.8 Å². The highest BCUT2D eigenvalue weighted by Gasteiger charge is 2.22. The van der Waals surface area contributed by atoms with Crippen LogP contribution in [0.15, 0.2) is 0 Å². The lowest BCUT2D eigenvalue weighted by atomic mass is 10.3. The van der Waals surface area contributed by atoms with Gasteiger partial charge in [-0.25, -0.2) is 0 Å². The quantitative estimate of drug-likeness (QED) is 0.691. The van der Waals surface area contributed by atoms with Crippen LogP contribution in [0.2, 0.25) is 0 Å². The molecule has 3 aliphatic rings. The molecule has 3 heterocycles. The summed E-state index contributed by atoms with van der Waals surface area (Å²) in [4.78, 5) is 12.9. The molecule has 0 aliphatic carbocycles. The average molecular weight is 296 g/mol. The number of piperazine rings is 3. The van der Waals surface area contributed by atoms with E-state index in [9.17, 15) is 0 Å². The minimum atomic E-state index is 1.16. The third-order valence-electron chi connectivity index (χ3n) is 5.07. The molecular formula is C15H32N6. The third-order valence-corrected chi connectivity index (χ3v) is 5.07. The molecule has 3 aliphatic heterocycles. The van der Waals surface area contributed by atoms with E-state index in [0.29, 0.717) is 0 Å². The zero-order valence-electron chi connectivity index (χ0n) is 13.6. The van der Waals surface area contributed by atoms with Crippen LogP contribution < -0.4 is 5.32 Å². The average Bonchev–Trinajstić information content (AvgIpc) is 2.53. The second-order valence-corrected chi connectivity index (χ2v) is 6.81. The first-order valence-electron chi connectivity index (χ1n) is 8.58. The highest BCUT2D eigenvalue weighted by molar-refractivity contribution is 4.76. The van der Waals surface area contributed by atoms with Crippen molar-refractivity contribution in [3.63, 3.8) is 0 Å². The van der Waals surface area contributed by atoms with Crippen LogP contribution in [-0.4, -0.2) is 123 Å². The number of likely N-dealkylation sites (N-methyl/N-ethyl adjacent to an activating group) is 1. The van der Waals surface area contributed by atoms with Gasteiger partial charge in [0.2, 0.25) is 0 Å². The van der Waals surface area contributed by atoms with Crippen molar-refractivity contribution in [3.8, 4) is 0 Å². The second kappa shape index (κ2) is 7.85. The summed E-state index contributed by atoms with van der Waals surface area (Å²) in [6.07, 6.45) is 0. The van der Waals surface area contributed by atoms with Crippen LogP contribution in [0.25, 0.3) is 0 Å². The zero-order valence-corrected chi connectivity index (χ0v) is 13.6. The van der Waals surface area contributed by atoms with Crippen LogP contribution in [0, 0.1) is 0 Å². The lowest BCUT2D eigenvalue weighted by Crippen LogP contribution is -2.56. The first-order valence-corrected chi connectivity index (χ1v) is 8.58. The summed E-state index contributed by atoms with van der Waals surface area (Å²) in [7, 11) is 2.23. The van der Waals surface area contributed by atoms with Crippen molar-refractivity contribution in [1.82, 2.24) is 29.8 Å². The Morgan fingerprint density at radius 3 is 1.43 bits per heavy atom. The number of rotatable bonds is 4. The SMILES string of the molecule is CN1CCN(CN2CCN(CN3CCNCC3)CC2)CC1. The summed E-state index contributed by atoms with van der Waals surface area (Å²) in [6.45, 7) is 16.9. The van der Waals surface area contributed by atoms with Crippen LogP contribution >= 0.6 is 0 Å². The molecule has 0 amide bonds. The van der Waals surface area contributed by atoms with Crippen molar-refractivity contribution >= 4 is 0 Å². The second-order valence-electron chi connectivity index (χ2n) is 6.81. The Labute approximate surface area is 129 Å². The Kier molecular flexibility index (Phi) is 5.85. The Balaban J connectivity index is 1.33. The maximum absolute atomic E-state index is 3.43. The van der Waals surface area contributed by atoms with Crippen LogP contribution in [-0.2, 0) is 0 Å². The molecule has 0 aromatic heterocycles. The lowest BCUT2D eigenvalue weighted by Gasteiger charge is -2.41. The molecule has 3 rings (SSSR count). The molecule has 21 heavy (non-hydrogen) atoms. The summed E-state index contributed by atoms with van der Waals surface area (Å²) in [6, 6.07) is 0. The normalized spacial score (nSPS) is 29.0. The molecule has 0 aromatic rings. The highest BCUT2D eigenvalue weighted by atomic mass is 15.4. The highest BCUT2D eigenvalue weighted by Crippen LogP contribution is 2.07. The van der Waals surface area contributed by atoms with Crippen molar-refractivity contribution in [2.45, 2.75) is 0 Å². The monoisotopic (exact) mass is 296 g/mol. The van der Waals surface area contributed by atoms with E-state index in [2.05, 4.69) is 36.9 Å². The van der Waals surface area contributed by atoms with E-state index in [1.807, 2.05) is 0 Å². The van der Waals surface area contributed by atoms with Gasteiger partial charge in [0.1, 0.15) is 0 Å². The van der Waals surface area contributed by atoms with Crippen molar-refractivity contribution in [1.29, 1.82) is 0 Å². The summed E-state index contributed by atoms with van der Waals surface area (Å²) in [5.41, 5.74) is 0. The van der Waals surface area contributed by atoms with Gasteiger partial charge in [-0.3, -0.25) is 19.6 Å². The fourth-order valence-electron chi connectivity index (χ4n) is 3.48. The van der Waals surface area contributed by atoms with E-state index in [0.717, 1.165) is 13.1 Å². The van der Waals surface area contributed by atoms with E-state index in [4.69, 9.17) is 0 Å². The Morgan fingerprint density at radius 1 is 0.571 bits per heavy atom. The summed E-state index contributed by atoms with van der Waals surface area (Å²) in [5.74, 6) is 0. The predicted molar refractivity (Wildman–Crippen MR) is 86.4 cm³/mol. The van der Waals surface area contributed by atoms with Gasteiger partial charge in [0.25, 0.3) is 0 Å². The van der Waals surface area contributed by atoms with Crippen LogP contribution in [0.5, 0.6) is 0 Å². The predicted octanol–water partition coefficient (Wildman–Crippen LogP) is -1.33. The molecule has 0 bridgehead atoms. The van der Waals surface area contributed by atoms with E-state index in [1.54, 1.807) is 0 Å². The maximum atomic E-state index is 3.43. The lowest BCUT2D eigenvalue weighted by molar-refractivity contribution is 0.0289. The van der Waals surface area contributed by atoms with Gasteiger partial charge in [0, 0.05) is 78.5 Å². The summed E-state index contributed by atoms with van der Waals surface area (Å²) >= 11 is 0. The van der Waals surface area contributed by atoms with Gasteiger partial charge in [0.15, 0.2) is 0 Å². The minimum Gasteiger partial charge on any atom is -0.314 e. The molecule has 6 heteroatoms. The van der Waals surface area contributed by atoms with Gasteiger partial charge < -0.3 is 10.2 Å². The minimum absolute atomic E-state index is 1.16. The molecule has 6 nitrogen and oxygen atoms in total. The number of nitrogens with one attached hydrogen (secondary N) is 1. The van der Waals surface area contributed by atoms with Gasteiger partial charge >= 0.3 is 0 Å². The largest absolute Gasteiger partial charge is 0.314 e. The first-order chi connectivity index (χ1) is 10.3. The molecule has 3 fully saturated rings. The molecular weight excluding hydrogens is 264 g/mol. The molecule has 3 saturated heterocycles. The van der Waals surface area contributed by atoms with Crippen molar-refractivity contribution in [2.24, 2.45) is 0 Å². The Morgan fingerprint density at radius 2 is 0.952 bits per heavy atom. The fraction of sp³-hybridized carbons (Fsp3) is 1.00. The third kappa shape index (κ3) is 4.87. The zero-order chi connectivity index (χ0) is 14.5. The smallest absolute Gasteiger partial charge is 0.0508 e. The Hall–Kier alpha value is -0.240. The number of hydrogen-bond donors (Lipinski definition) is 1. The molecule has 1 N–H and O–H groups in total. The van der Waals surface area contributed by atoms with Gasteiger partial charge in [-0.15, -0.1) is 0 Å². The number of hydrogen-bond acceptors (Lipinski definition) is 6. The van der Waals surface area contributed by atoms with E-state index >= 15 is 0 Å². The van der Waals surface area contributed by atoms with Crippen LogP contribution in [0.1, 0.15) is 0 Å². The summed E-state index contributed by atoms with van der Waals surface area (Å²) < 4.78 is 0. The van der Waals surface area contributed by atoms with E-state index < -0.39 is 0 Å². The maximum Gasteiger partial charge on any atom is 0.0508 e. The fourth-order valence-corrected chi connectivity index (χ4v) is 3.48. The van der Waals surface area contributed by atoms with Crippen molar-refractivity contribution < 1.29 is 0 Å². The first kappa shape index (κ1) is 15.6. The molecule has 0 aromatic carbocycles. The van der Waals surface area contributed by atoms with Gasteiger partial charge in [0.05, 0.1) is 13.3 Å². The number of nitrogens with zero attached hydrogens (tertiary/aromatic N) is 5. The van der Waals surface area contributed by atoms with Gasteiger partial charge in [-0.1, -0.05) is 0 Å². The van der Waals surface area contributed by atoms with Crippen LogP contribution in [0.4, 0.5) is 0 Å². The topological polar surface area (TPSA) is 28.2 Å². The summed E-state index contributed by atoms with van der Waals surface area (Å²) in [5, 5.41) is 3.43. The van der Waals surface area contributed by atoms with Gasteiger partial charge in [-0.2, -0.15) is 0 Å². The molecule has 0 spiro atoms. The van der Waals surface area contributed by atoms with Crippen molar-refractivity contribution in [2.75, 3.05) is 98.9 Å². The molecule has 122 valence electrons. The van der Waals surface area contributed by atoms with Gasteiger partial charge in [-0.05, 0) is 7.05 Å². The van der Waals surface area contributed by atoms with E-state index in [-0.39, 0.29) is 0 Å². The standard InChI is InChI=1S/C15H32N6/c1-17-6-8-19(9-7-17)15-21-12-10-20(11-13-21)14-18-4-2-16-3-5-18/h16H,2-15H2,1H3. The molecule has 0 saturated carbocycles. The van der Waals surface area contributed by atoms with Crippen LogP contribution in [0.3, 0.4) is 0 Å². The molecule has 0 atom stereocenters. The van der Waals surface area contributed by atoms with Crippen molar-refractivity contribution in [3.05, 3.63) is 0 Å². The Bertz CT molecular complexity index is 291.